The Morgan fingerprint density at radius 2 is 1.90 bits per heavy atom. The summed E-state index contributed by atoms with van der Waals surface area (Å²) in [5.74, 6) is -1.01. The summed E-state index contributed by atoms with van der Waals surface area (Å²) >= 11 is 0. The molecule has 0 aromatic heterocycles. The molecule has 9 nitrogen and oxygen atoms in total. The van der Waals surface area contributed by atoms with Gasteiger partial charge in [-0.3, -0.25) is 14.9 Å². The average molecular weight is 407 g/mol. The number of amides is 2. The predicted molar refractivity (Wildman–Crippen MR) is 112 cm³/mol. The molecular formula is C21H21N5O4. The van der Waals surface area contributed by atoms with Crippen molar-refractivity contribution in [1.82, 2.24) is 10.7 Å². The zero-order chi connectivity index (χ0) is 21.3. The molecule has 0 spiro atoms. The van der Waals surface area contributed by atoms with Crippen LogP contribution in [0.5, 0.6) is 0 Å². The molecule has 0 fully saturated rings. The van der Waals surface area contributed by atoms with Crippen molar-refractivity contribution in [3.63, 3.8) is 0 Å². The monoisotopic (exact) mass is 407 g/mol. The molecule has 30 heavy (non-hydrogen) atoms. The summed E-state index contributed by atoms with van der Waals surface area (Å²) in [5.41, 5.74) is 4.43. The number of anilines is 1. The van der Waals surface area contributed by atoms with E-state index in [1.165, 1.54) is 0 Å². The van der Waals surface area contributed by atoms with Crippen molar-refractivity contribution in [1.29, 1.82) is 0 Å². The second-order valence-electron chi connectivity index (χ2n) is 6.31. The largest absolute Gasteiger partial charge is 0.462 e. The van der Waals surface area contributed by atoms with Gasteiger partial charge in [-0.2, -0.15) is 5.10 Å². The number of carbonyl (C=O) groups is 3. The first-order valence-corrected chi connectivity index (χ1v) is 9.35. The molecule has 1 aliphatic rings. The van der Waals surface area contributed by atoms with E-state index >= 15 is 0 Å². The molecule has 0 saturated carbocycles. The number of hydrogen-bond donors (Lipinski definition) is 3. The Balaban J connectivity index is 1.51. The van der Waals surface area contributed by atoms with Crippen molar-refractivity contribution in [2.45, 2.75) is 19.4 Å². The number of carbonyl (C=O) groups excluding carboxylic acids is 3. The topological polar surface area (TPSA) is 121 Å². The number of aliphatic imine (C=N–C) groups is 1. The predicted octanol–water partition coefficient (Wildman–Crippen LogP) is 1.67. The number of nitrogens with one attached hydrogen (secondary N) is 3. The molecule has 9 heteroatoms. The molecule has 0 aliphatic carbocycles. The van der Waals surface area contributed by atoms with Crippen LogP contribution in [-0.2, 0) is 14.3 Å². The number of nitrogens with zero attached hydrogens (tertiary/aromatic N) is 2. The van der Waals surface area contributed by atoms with Crippen molar-refractivity contribution in [3.05, 3.63) is 65.7 Å². The van der Waals surface area contributed by atoms with Gasteiger partial charge in [0.2, 0.25) is 11.9 Å². The molecule has 2 aromatic rings. The third-order valence-electron chi connectivity index (χ3n) is 4.07. The van der Waals surface area contributed by atoms with Crippen LogP contribution in [-0.4, -0.2) is 42.6 Å². The van der Waals surface area contributed by atoms with E-state index in [9.17, 15) is 14.4 Å². The van der Waals surface area contributed by atoms with E-state index in [0.29, 0.717) is 11.3 Å². The molecule has 0 bridgehead atoms. The summed E-state index contributed by atoms with van der Waals surface area (Å²) < 4.78 is 4.91. The number of rotatable bonds is 7. The van der Waals surface area contributed by atoms with E-state index in [0.717, 1.165) is 5.56 Å². The summed E-state index contributed by atoms with van der Waals surface area (Å²) in [5, 5.41) is 9.24. The highest BCUT2D eigenvalue weighted by Gasteiger charge is 2.28. The molecular weight excluding hydrogens is 386 g/mol. The number of ether oxygens (including phenoxy) is 1. The van der Waals surface area contributed by atoms with Crippen LogP contribution < -0.4 is 16.1 Å². The summed E-state index contributed by atoms with van der Waals surface area (Å²) in [6.07, 6.45) is 1.47. The lowest BCUT2D eigenvalue weighted by atomic mass is 10.2. The van der Waals surface area contributed by atoms with Crippen molar-refractivity contribution in [2.24, 2.45) is 10.1 Å². The van der Waals surface area contributed by atoms with Crippen molar-refractivity contribution < 1.29 is 19.1 Å². The maximum atomic E-state index is 12.2. The fraction of sp³-hybridized carbons (Fsp3) is 0.190. The fourth-order valence-corrected chi connectivity index (χ4v) is 2.64. The highest BCUT2D eigenvalue weighted by Crippen LogP contribution is 2.12. The highest BCUT2D eigenvalue weighted by molar-refractivity contribution is 6.07. The number of esters is 1. The lowest BCUT2D eigenvalue weighted by Crippen LogP contribution is -2.35. The maximum Gasteiger partial charge on any atom is 0.338 e. The lowest BCUT2D eigenvalue weighted by Gasteiger charge is -2.08. The molecule has 154 valence electrons. The molecule has 1 heterocycles. The highest BCUT2D eigenvalue weighted by atomic mass is 16.5. The van der Waals surface area contributed by atoms with Gasteiger partial charge in [0, 0.05) is 5.69 Å². The second-order valence-corrected chi connectivity index (χ2v) is 6.31. The first kappa shape index (κ1) is 20.7. The van der Waals surface area contributed by atoms with Gasteiger partial charge in [0.05, 0.1) is 24.8 Å². The summed E-state index contributed by atoms with van der Waals surface area (Å²) in [6.45, 7) is 2.01. The molecule has 2 aromatic carbocycles. The molecule has 3 N–H and O–H groups in total. The van der Waals surface area contributed by atoms with Crippen LogP contribution in [0.3, 0.4) is 0 Å². The molecule has 0 radical (unpaired) electrons. The fourth-order valence-electron chi connectivity index (χ4n) is 2.64. The molecule has 3 rings (SSSR count). The molecule has 0 saturated heterocycles. The lowest BCUT2D eigenvalue weighted by molar-refractivity contribution is -0.123. The van der Waals surface area contributed by atoms with E-state index in [-0.39, 0.29) is 30.8 Å². The van der Waals surface area contributed by atoms with E-state index in [1.807, 2.05) is 30.3 Å². The van der Waals surface area contributed by atoms with Gasteiger partial charge in [-0.1, -0.05) is 30.3 Å². The summed E-state index contributed by atoms with van der Waals surface area (Å²) in [7, 11) is 0. The molecule has 1 atom stereocenters. The van der Waals surface area contributed by atoms with Crippen LogP contribution in [0.15, 0.2) is 64.7 Å². The minimum Gasteiger partial charge on any atom is -0.462 e. The van der Waals surface area contributed by atoms with E-state index in [1.54, 1.807) is 37.4 Å². The van der Waals surface area contributed by atoms with Crippen LogP contribution in [0.25, 0.3) is 0 Å². The Labute approximate surface area is 173 Å². The quantitative estimate of drug-likeness (QED) is 0.366. The minimum atomic E-state index is -0.849. The minimum absolute atomic E-state index is 0.126. The van der Waals surface area contributed by atoms with Gasteiger partial charge in [0.1, 0.15) is 6.04 Å². The van der Waals surface area contributed by atoms with Crippen LogP contribution in [0.2, 0.25) is 0 Å². The van der Waals surface area contributed by atoms with Crippen LogP contribution >= 0.6 is 0 Å². The molecule has 1 aliphatic heterocycles. The van der Waals surface area contributed by atoms with Crippen LogP contribution in [0.1, 0.15) is 29.3 Å². The van der Waals surface area contributed by atoms with E-state index in [4.69, 9.17) is 4.74 Å². The van der Waals surface area contributed by atoms with Gasteiger partial charge < -0.3 is 10.1 Å². The molecule has 1 unspecified atom stereocenters. The zero-order valence-electron chi connectivity index (χ0n) is 16.3. The maximum absolute atomic E-state index is 12.2. The van der Waals surface area contributed by atoms with Crippen molar-refractivity contribution in [2.75, 3.05) is 11.9 Å². The first-order chi connectivity index (χ1) is 14.5. The van der Waals surface area contributed by atoms with Crippen LogP contribution in [0, 0.1) is 0 Å². The Bertz CT molecular complexity index is 971. The van der Waals surface area contributed by atoms with E-state index in [2.05, 4.69) is 26.2 Å². The Morgan fingerprint density at radius 3 is 2.60 bits per heavy atom. The summed E-state index contributed by atoms with van der Waals surface area (Å²) in [4.78, 5) is 40.1. The number of guanidine groups is 1. The van der Waals surface area contributed by atoms with E-state index < -0.39 is 12.0 Å². The average Bonchev–Trinajstić information content (AvgIpc) is 3.08. The third-order valence-corrected chi connectivity index (χ3v) is 4.07. The summed E-state index contributed by atoms with van der Waals surface area (Å²) in [6, 6.07) is 14.9. The third kappa shape index (κ3) is 5.74. The second kappa shape index (κ2) is 9.97. The number of hydrogen-bond acceptors (Lipinski definition) is 7. The Hall–Kier alpha value is -4.01. The van der Waals surface area contributed by atoms with Gasteiger partial charge in [-0.05, 0) is 36.8 Å². The Kier molecular flexibility index (Phi) is 6.88. The zero-order valence-corrected chi connectivity index (χ0v) is 16.3. The number of benzene rings is 2. The normalized spacial score (nSPS) is 15.4. The van der Waals surface area contributed by atoms with Gasteiger partial charge in [0.15, 0.2) is 0 Å². The van der Waals surface area contributed by atoms with Crippen LogP contribution in [0.4, 0.5) is 5.69 Å². The van der Waals surface area contributed by atoms with Gasteiger partial charge in [-0.15, -0.1) is 0 Å². The SMILES string of the molecule is CCOC(=O)c1ccc(NC(=O)CC2N=C(NN=Cc3ccccc3)NC2=O)cc1. The number of hydrazone groups is 1. The van der Waals surface area contributed by atoms with Crippen molar-refractivity contribution >= 4 is 35.6 Å². The molecule has 2 amide bonds. The Morgan fingerprint density at radius 1 is 1.17 bits per heavy atom. The van der Waals surface area contributed by atoms with Gasteiger partial charge in [0.25, 0.3) is 5.91 Å². The van der Waals surface area contributed by atoms with Crippen molar-refractivity contribution in [3.8, 4) is 0 Å². The standard InChI is InChI=1S/C21H21N5O4/c1-2-30-20(29)15-8-10-16(11-9-15)23-18(27)12-17-19(28)25-21(24-17)26-22-13-14-6-4-3-5-7-14/h3-11,13,17H,2,12H2,1H3,(H,23,27)(H2,24,25,26,28). The smallest absolute Gasteiger partial charge is 0.338 e. The first-order valence-electron chi connectivity index (χ1n) is 9.35. The van der Waals surface area contributed by atoms with Gasteiger partial charge >= 0.3 is 5.97 Å². The van der Waals surface area contributed by atoms with Gasteiger partial charge in [-0.25, -0.2) is 15.2 Å².